The number of benzene rings is 1. The smallest absolute Gasteiger partial charge is 0.206 e. The SMILES string of the molecule is Cc1cc(C)c(C)c(-c2cc3c(c[n+]2C)sc2ncnn23)c1. The summed E-state index contributed by atoms with van der Waals surface area (Å²) in [6, 6.07) is 6.71. The van der Waals surface area contributed by atoms with Crippen LogP contribution in [-0.2, 0) is 7.05 Å². The Hall–Kier alpha value is -2.27. The Morgan fingerprint density at radius 3 is 2.77 bits per heavy atom. The fraction of sp³-hybridized carbons (Fsp3) is 0.235. The minimum atomic E-state index is 0.935. The summed E-state index contributed by atoms with van der Waals surface area (Å²) in [5, 5.41) is 4.34. The Balaban J connectivity index is 2.07. The maximum atomic E-state index is 4.34. The molecule has 0 radical (unpaired) electrons. The number of pyridine rings is 1. The molecule has 0 amide bonds. The van der Waals surface area contributed by atoms with Crippen molar-refractivity contribution in [2.24, 2.45) is 7.05 Å². The summed E-state index contributed by atoms with van der Waals surface area (Å²) < 4.78 is 5.31. The third-order valence-electron chi connectivity index (χ3n) is 4.25. The molecule has 5 heteroatoms. The van der Waals surface area contributed by atoms with Crippen molar-refractivity contribution in [3.63, 3.8) is 0 Å². The summed E-state index contributed by atoms with van der Waals surface area (Å²) in [4.78, 5) is 5.23. The Bertz CT molecular complexity index is 1030. The topological polar surface area (TPSA) is 34.1 Å². The molecule has 22 heavy (non-hydrogen) atoms. The maximum absolute atomic E-state index is 4.34. The molecule has 0 unspecified atom stereocenters. The minimum Gasteiger partial charge on any atom is -0.206 e. The fourth-order valence-electron chi connectivity index (χ4n) is 3.00. The number of thiazole rings is 1. The zero-order valence-corrected chi connectivity index (χ0v) is 13.9. The molecule has 1 aromatic carbocycles. The van der Waals surface area contributed by atoms with Crippen LogP contribution in [0.4, 0.5) is 0 Å². The van der Waals surface area contributed by atoms with Crippen LogP contribution in [0.5, 0.6) is 0 Å². The molecule has 0 saturated carbocycles. The van der Waals surface area contributed by atoms with Crippen LogP contribution in [0.25, 0.3) is 26.4 Å². The monoisotopic (exact) mass is 309 g/mol. The van der Waals surface area contributed by atoms with Crippen LogP contribution in [0.15, 0.2) is 30.7 Å². The molecular formula is C17H17N4S+. The summed E-state index contributed by atoms with van der Waals surface area (Å²) in [5.74, 6) is 0. The molecule has 0 aliphatic carbocycles. The van der Waals surface area contributed by atoms with E-state index in [4.69, 9.17) is 0 Å². The molecule has 0 aliphatic rings. The predicted molar refractivity (Wildman–Crippen MR) is 89.2 cm³/mol. The molecule has 4 nitrogen and oxygen atoms in total. The third-order valence-corrected chi connectivity index (χ3v) is 5.25. The van der Waals surface area contributed by atoms with Gasteiger partial charge >= 0.3 is 0 Å². The van der Waals surface area contributed by atoms with E-state index in [1.54, 1.807) is 17.7 Å². The van der Waals surface area contributed by atoms with Crippen LogP contribution in [0.1, 0.15) is 16.7 Å². The number of aryl methyl sites for hydroxylation is 3. The Morgan fingerprint density at radius 1 is 1.14 bits per heavy atom. The molecule has 3 heterocycles. The number of rotatable bonds is 1. The standard InChI is InChI=1S/C17H17N4S/c1-10-5-11(2)12(3)13(6-10)14-7-15-16(8-20(14)4)22-17-18-9-19-21(15)17/h5-9H,1-4H3/q+1. The van der Waals surface area contributed by atoms with Crippen molar-refractivity contribution in [3.05, 3.63) is 47.4 Å². The van der Waals surface area contributed by atoms with E-state index >= 15 is 0 Å². The van der Waals surface area contributed by atoms with E-state index in [1.165, 1.54) is 32.6 Å². The van der Waals surface area contributed by atoms with Crippen LogP contribution >= 0.6 is 11.3 Å². The van der Waals surface area contributed by atoms with E-state index in [9.17, 15) is 0 Å². The number of nitrogens with zero attached hydrogens (tertiary/aromatic N) is 4. The van der Waals surface area contributed by atoms with Gasteiger partial charge in [0.15, 0.2) is 6.20 Å². The minimum absolute atomic E-state index is 0.935. The van der Waals surface area contributed by atoms with Crippen LogP contribution in [-0.4, -0.2) is 14.6 Å². The summed E-state index contributed by atoms with van der Waals surface area (Å²) in [5.41, 5.74) is 7.53. The molecule has 110 valence electrons. The summed E-state index contributed by atoms with van der Waals surface area (Å²) >= 11 is 1.67. The lowest BCUT2D eigenvalue weighted by atomic mass is 9.97. The van der Waals surface area contributed by atoms with Gasteiger partial charge in [0.25, 0.3) is 0 Å². The lowest BCUT2D eigenvalue weighted by Crippen LogP contribution is -2.30. The van der Waals surface area contributed by atoms with Crippen LogP contribution in [0.3, 0.4) is 0 Å². The van der Waals surface area contributed by atoms with Gasteiger partial charge in [0.1, 0.15) is 18.1 Å². The zero-order valence-electron chi connectivity index (χ0n) is 13.1. The first-order chi connectivity index (χ1) is 10.5. The second kappa shape index (κ2) is 4.61. The van der Waals surface area contributed by atoms with Gasteiger partial charge in [-0.25, -0.2) is 9.50 Å². The van der Waals surface area contributed by atoms with Gasteiger partial charge < -0.3 is 0 Å². The Kier molecular flexibility index (Phi) is 2.81. The first-order valence-electron chi connectivity index (χ1n) is 7.25. The van der Waals surface area contributed by atoms with Crippen molar-refractivity contribution in [2.75, 3.05) is 0 Å². The molecule has 0 saturated heterocycles. The van der Waals surface area contributed by atoms with Gasteiger partial charge in [-0.1, -0.05) is 23.0 Å². The van der Waals surface area contributed by atoms with Crippen molar-refractivity contribution >= 4 is 26.5 Å². The molecular weight excluding hydrogens is 292 g/mol. The summed E-state index contributed by atoms with van der Waals surface area (Å²) in [6.45, 7) is 6.51. The first kappa shape index (κ1) is 13.4. The van der Waals surface area contributed by atoms with Crippen LogP contribution in [0, 0.1) is 20.8 Å². The van der Waals surface area contributed by atoms with Crippen molar-refractivity contribution in [1.82, 2.24) is 14.6 Å². The van der Waals surface area contributed by atoms with Crippen LogP contribution in [0.2, 0.25) is 0 Å². The number of hydrogen-bond acceptors (Lipinski definition) is 3. The molecule has 0 N–H and O–H groups in total. The number of hydrogen-bond donors (Lipinski definition) is 0. The highest BCUT2D eigenvalue weighted by Gasteiger charge is 2.18. The van der Waals surface area contributed by atoms with E-state index in [1.807, 2.05) is 4.52 Å². The van der Waals surface area contributed by atoms with E-state index in [2.05, 4.69) is 66.9 Å². The van der Waals surface area contributed by atoms with Crippen molar-refractivity contribution in [2.45, 2.75) is 20.8 Å². The molecule has 0 bridgehead atoms. The number of fused-ring (bicyclic) bond motifs is 3. The Labute approximate surface area is 132 Å². The van der Waals surface area contributed by atoms with Crippen molar-refractivity contribution < 1.29 is 4.57 Å². The van der Waals surface area contributed by atoms with E-state index in [-0.39, 0.29) is 0 Å². The van der Waals surface area contributed by atoms with Crippen molar-refractivity contribution in [1.29, 1.82) is 0 Å². The normalized spacial score (nSPS) is 11.6. The zero-order chi connectivity index (χ0) is 15.4. The maximum Gasteiger partial charge on any atom is 0.214 e. The van der Waals surface area contributed by atoms with E-state index in [0.717, 1.165) is 10.5 Å². The largest absolute Gasteiger partial charge is 0.214 e. The molecule has 0 spiro atoms. The molecule has 0 aliphatic heterocycles. The lowest BCUT2D eigenvalue weighted by Gasteiger charge is -2.09. The van der Waals surface area contributed by atoms with Gasteiger partial charge in [0, 0.05) is 11.6 Å². The highest BCUT2D eigenvalue weighted by atomic mass is 32.1. The van der Waals surface area contributed by atoms with E-state index < -0.39 is 0 Å². The first-order valence-corrected chi connectivity index (χ1v) is 8.06. The van der Waals surface area contributed by atoms with Gasteiger partial charge in [-0.05, 0) is 38.0 Å². The highest BCUT2D eigenvalue weighted by molar-refractivity contribution is 7.23. The highest BCUT2D eigenvalue weighted by Crippen LogP contribution is 2.29. The average molecular weight is 309 g/mol. The lowest BCUT2D eigenvalue weighted by molar-refractivity contribution is -0.659. The molecule has 4 aromatic rings. The molecule has 0 atom stereocenters. The fourth-order valence-corrected chi connectivity index (χ4v) is 3.99. The summed E-state index contributed by atoms with van der Waals surface area (Å²) in [7, 11) is 2.10. The van der Waals surface area contributed by atoms with Gasteiger partial charge in [0.2, 0.25) is 10.7 Å². The summed E-state index contributed by atoms with van der Waals surface area (Å²) in [6.07, 6.45) is 3.78. The van der Waals surface area contributed by atoms with Gasteiger partial charge in [0.05, 0.1) is 5.52 Å². The second-order valence-electron chi connectivity index (χ2n) is 5.83. The quantitative estimate of drug-likeness (QED) is 0.505. The van der Waals surface area contributed by atoms with E-state index in [0.29, 0.717) is 0 Å². The third kappa shape index (κ3) is 1.85. The van der Waals surface area contributed by atoms with Gasteiger partial charge in [-0.15, -0.1) is 0 Å². The molecule has 0 fully saturated rings. The van der Waals surface area contributed by atoms with Crippen LogP contribution < -0.4 is 4.57 Å². The Morgan fingerprint density at radius 2 is 1.95 bits per heavy atom. The molecule has 4 rings (SSSR count). The van der Waals surface area contributed by atoms with Crippen molar-refractivity contribution in [3.8, 4) is 11.3 Å². The average Bonchev–Trinajstić information content (AvgIpc) is 3.02. The van der Waals surface area contributed by atoms with Gasteiger partial charge in [-0.2, -0.15) is 9.67 Å². The number of aromatic nitrogens is 4. The predicted octanol–water partition coefficient (Wildman–Crippen LogP) is 3.36. The second-order valence-corrected chi connectivity index (χ2v) is 6.84. The molecule has 3 aromatic heterocycles. The van der Waals surface area contributed by atoms with Gasteiger partial charge in [-0.3, -0.25) is 0 Å².